The predicted molar refractivity (Wildman–Crippen MR) is 110 cm³/mol. The monoisotopic (exact) mass is 428 g/mol. The number of hydrogen-bond donors (Lipinski definition) is 0. The number of oxazole rings is 1. The molecule has 1 saturated heterocycles. The zero-order valence-corrected chi connectivity index (χ0v) is 16.9. The van der Waals surface area contributed by atoms with Crippen LogP contribution < -0.4 is 4.90 Å². The van der Waals surface area contributed by atoms with E-state index in [0.717, 1.165) is 4.90 Å². The van der Waals surface area contributed by atoms with Gasteiger partial charge in [0.25, 0.3) is 5.89 Å². The second kappa shape index (κ2) is 8.64. The number of anilines is 1. The van der Waals surface area contributed by atoms with E-state index in [-0.39, 0.29) is 17.5 Å². The van der Waals surface area contributed by atoms with E-state index in [1.807, 2.05) is 34.1 Å². The zero-order valence-electron chi connectivity index (χ0n) is 15.4. The van der Waals surface area contributed by atoms with Gasteiger partial charge < -0.3 is 18.6 Å². The quantitative estimate of drug-likeness (QED) is 0.569. The Morgan fingerprint density at radius 1 is 1.24 bits per heavy atom. The summed E-state index contributed by atoms with van der Waals surface area (Å²) in [7, 11) is 0. The Kier molecular flexibility index (Phi) is 5.79. The van der Waals surface area contributed by atoms with Crippen LogP contribution in [0.5, 0.6) is 0 Å². The van der Waals surface area contributed by atoms with Gasteiger partial charge in [-0.1, -0.05) is 17.7 Å². The van der Waals surface area contributed by atoms with E-state index in [1.165, 1.54) is 18.0 Å². The molecule has 3 heterocycles. The van der Waals surface area contributed by atoms with Crippen molar-refractivity contribution in [1.82, 2.24) is 9.88 Å². The van der Waals surface area contributed by atoms with Gasteiger partial charge in [-0.25, -0.2) is 0 Å². The van der Waals surface area contributed by atoms with Crippen LogP contribution in [0.4, 0.5) is 5.88 Å². The van der Waals surface area contributed by atoms with Crippen LogP contribution in [0.2, 0.25) is 5.02 Å². The van der Waals surface area contributed by atoms with Crippen LogP contribution >= 0.6 is 23.4 Å². The molecule has 1 fully saturated rings. The lowest BCUT2D eigenvalue weighted by Crippen LogP contribution is -2.49. The first-order valence-corrected chi connectivity index (χ1v) is 10.4. The van der Waals surface area contributed by atoms with E-state index in [1.54, 1.807) is 12.1 Å². The summed E-state index contributed by atoms with van der Waals surface area (Å²) in [5.41, 5.74) is 0.215. The second-order valence-corrected chi connectivity index (χ2v) is 7.86. The fraction of sp³-hybridized carbons (Fsp3) is 0.250. The molecule has 4 rings (SSSR count). The number of hydrogen-bond acceptors (Lipinski definition) is 7. The molecule has 29 heavy (non-hydrogen) atoms. The number of carbonyl (C=O) groups is 1. The average molecular weight is 429 g/mol. The fourth-order valence-electron chi connectivity index (χ4n) is 3.06. The molecule has 0 atom stereocenters. The minimum Gasteiger partial charge on any atom is -0.459 e. The first kappa shape index (κ1) is 19.4. The van der Waals surface area contributed by atoms with Gasteiger partial charge in [-0.3, -0.25) is 4.79 Å². The predicted octanol–water partition coefficient (Wildman–Crippen LogP) is 3.90. The molecule has 1 aliphatic heterocycles. The highest BCUT2D eigenvalue weighted by molar-refractivity contribution is 8.00. The van der Waals surface area contributed by atoms with Gasteiger partial charge in [-0.2, -0.15) is 10.2 Å². The normalized spacial score (nSPS) is 14.1. The van der Waals surface area contributed by atoms with Crippen molar-refractivity contribution in [3.05, 3.63) is 53.4 Å². The number of benzene rings is 1. The van der Waals surface area contributed by atoms with Crippen molar-refractivity contribution in [2.45, 2.75) is 4.90 Å². The summed E-state index contributed by atoms with van der Waals surface area (Å²) in [6.07, 6.45) is 1.52. The molecule has 1 aliphatic rings. The first-order chi connectivity index (χ1) is 14.1. The topological polar surface area (TPSA) is 86.5 Å². The Morgan fingerprint density at radius 3 is 2.76 bits per heavy atom. The van der Waals surface area contributed by atoms with Crippen LogP contribution in [0, 0.1) is 11.3 Å². The van der Waals surface area contributed by atoms with Crippen LogP contribution in [0.25, 0.3) is 11.7 Å². The number of aromatic nitrogens is 1. The Bertz CT molecular complexity index is 1040. The lowest BCUT2D eigenvalue weighted by atomic mass is 10.3. The van der Waals surface area contributed by atoms with Crippen LogP contribution in [0.15, 0.2) is 56.4 Å². The number of thioether (sulfide) groups is 1. The molecule has 1 aromatic carbocycles. The number of halogens is 1. The number of rotatable bonds is 5. The maximum absolute atomic E-state index is 12.5. The van der Waals surface area contributed by atoms with E-state index >= 15 is 0 Å². The fourth-order valence-corrected chi connectivity index (χ4v) is 4.17. The number of nitriles is 1. The van der Waals surface area contributed by atoms with E-state index in [9.17, 15) is 10.1 Å². The standard InChI is InChI=1S/C20H17ClN4O3S/c21-14-3-1-4-15(11-14)29-13-18(26)24-6-8-25(9-7-24)20-16(12-22)23-19(28-20)17-5-2-10-27-17/h1-5,10-11H,6-9,13H2. The Balaban J connectivity index is 1.36. The third kappa shape index (κ3) is 4.42. The highest BCUT2D eigenvalue weighted by atomic mass is 35.5. The van der Waals surface area contributed by atoms with Gasteiger partial charge in [0.05, 0.1) is 12.0 Å². The molecule has 9 heteroatoms. The molecule has 1 amide bonds. The largest absolute Gasteiger partial charge is 0.459 e. The van der Waals surface area contributed by atoms with Gasteiger partial charge in [0.2, 0.25) is 17.5 Å². The van der Waals surface area contributed by atoms with E-state index in [0.29, 0.717) is 48.6 Å². The summed E-state index contributed by atoms with van der Waals surface area (Å²) in [5, 5.41) is 10.0. The molecule has 0 N–H and O–H groups in total. The lowest BCUT2D eigenvalue weighted by Gasteiger charge is -2.34. The van der Waals surface area contributed by atoms with Crippen molar-refractivity contribution >= 4 is 35.2 Å². The van der Waals surface area contributed by atoms with Gasteiger partial charge >= 0.3 is 0 Å². The Hall–Kier alpha value is -2.89. The molecular formula is C20H17ClN4O3S. The molecule has 0 spiro atoms. The van der Waals surface area contributed by atoms with Crippen LogP contribution in [0.1, 0.15) is 5.69 Å². The molecular weight excluding hydrogens is 412 g/mol. The Morgan fingerprint density at radius 2 is 2.07 bits per heavy atom. The van der Waals surface area contributed by atoms with Gasteiger partial charge in [0, 0.05) is 36.1 Å². The van der Waals surface area contributed by atoms with Gasteiger partial charge in [0.15, 0.2) is 5.76 Å². The summed E-state index contributed by atoms with van der Waals surface area (Å²) < 4.78 is 11.1. The van der Waals surface area contributed by atoms with Crippen molar-refractivity contribution in [3.63, 3.8) is 0 Å². The van der Waals surface area contributed by atoms with Crippen LogP contribution in [0.3, 0.4) is 0 Å². The number of amides is 1. The average Bonchev–Trinajstić information content (AvgIpc) is 3.42. The van der Waals surface area contributed by atoms with Crippen LogP contribution in [-0.2, 0) is 4.79 Å². The third-order valence-corrected chi connectivity index (χ3v) is 5.74. The van der Waals surface area contributed by atoms with Gasteiger partial charge in [0.1, 0.15) is 6.07 Å². The Labute approximate surface area is 176 Å². The van der Waals surface area contributed by atoms with Crippen molar-refractivity contribution in [2.24, 2.45) is 0 Å². The minimum absolute atomic E-state index is 0.0731. The molecule has 0 saturated carbocycles. The molecule has 3 aromatic rings. The molecule has 7 nitrogen and oxygen atoms in total. The summed E-state index contributed by atoms with van der Waals surface area (Å²) in [4.78, 5) is 21.5. The second-order valence-electron chi connectivity index (χ2n) is 6.38. The van der Waals surface area contributed by atoms with E-state index < -0.39 is 0 Å². The number of piperazine rings is 1. The van der Waals surface area contributed by atoms with Crippen LogP contribution in [-0.4, -0.2) is 47.7 Å². The molecule has 0 bridgehead atoms. The SMILES string of the molecule is N#Cc1nc(-c2ccco2)oc1N1CCN(C(=O)CSc2cccc(Cl)c2)CC1. The summed E-state index contributed by atoms with van der Waals surface area (Å²) in [5.74, 6) is 1.59. The van der Waals surface area contributed by atoms with Crippen molar-refractivity contribution in [1.29, 1.82) is 5.26 Å². The van der Waals surface area contributed by atoms with Crippen molar-refractivity contribution in [3.8, 4) is 17.7 Å². The third-order valence-electron chi connectivity index (χ3n) is 4.53. The maximum Gasteiger partial charge on any atom is 0.266 e. The lowest BCUT2D eigenvalue weighted by molar-refractivity contribution is -0.128. The molecule has 0 aliphatic carbocycles. The maximum atomic E-state index is 12.5. The number of furan rings is 1. The molecule has 0 unspecified atom stereocenters. The molecule has 0 radical (unpaired) electrons. The first-order valence-electron chi connectivity index (χ1n) is 9.00. The zero-order chi connectivity index (χ0) is 20.2. The summed E-state index contributed by atoms with van der Waals surface area (Å²) >= 11 is 7.46. The highest BCUT2D eigenvalue weighted by Crippen LogP contribution is 2.29. The number of carbonyl (C=O) groups excluding carboxylic acids is 1. The molecule has 2 aromatic heterocycles. The highest BCUT2D eigenvalue weighted by Gasteiger charge is 2.27. The minimum atomic E-state index is 0.0731. The van der Waals surface area contributed by atoms with E-state index in [2.05, 4.69) is 11.1 Å². The molecule has 148 valence electrons. The van der Waals surface area contributed by atoms with Gasteiger partial charge in [-0.05, 0) is 30.3 Å². The van der Waals surface area contributed by atoms with E-state index in [4.69, 9.17) is 20.4 Å². The smallest absolute Gasteiger partial charge is 0.266 e. The van der Waals surface area contributed by atoms with Crippen molar-refractivity contribution in [2.75, 3.05) is 36.8 Å². The van der Waals surface area contributed by atoms with Crippen molar-refractivity contribution < 1.29 is 13.6 Å². The van der Waals surface area contributed by atoms with Gasteiger partial charge in [-0.15, -0.1) is 11.8 Å². The summed E-state index contributed by atoms with van der Waals surface area (Å²) in [6.45, 7) is 2.23. The summed E-state index contributed by atoms with van der Waals surface area (Å²) in [6, 6.07) is 13.0. The number of nitrogens with zero attached hydrogens (tertiary/aromatic N) is 4.